The molecule has 0 aliphatic carbocycles. The van der Waals surface area contributed by atoms with Crippen LogP contribution in [-0.2, 0) is 0 Å². The normalized spacial score (nSPS) is 14.6. The number of nitrogens with zero attached hydrogens (tertiary/aromatic N) is 3. The Balaban J connectivity index is 1.70. The zero-order chi connectivity index (χ0) is 16.2. The topological polar surface area (TPSA) is 58.1 Å². The lowest BCUT2D eigenvalue weighted by molar-refractivity contribution is 0.0723. The average molecular weight is 331 g/mol. The Labute approximate surface area is 140 Å². The second-order valence-corrected chi connectivity index (χ2v) is 6.17. The predicted molar refractivity (Wildman–Crippen MR) is 91.3 cm³/mol. The second kappa shape index (κ2) is 6.96. The van der Waals surface area contributed by atoms with Gasteiger partial charge in [0, 0.05) is 36.2 Å². The standard InChI is InChI=1S/C17H19ClN4O/c1-12-9-14(18)5-6-15(12)21-17-19-10-13(11-20-17)16(23)22-7-3-2-4-8-22/h5-6,9-11H,2-4,7-8H2,1H3,(H,19,20,21). The summed E-state index contributed by atoms with van der Waals surface area (Å²) in [6.45, 7) is 3.61. The first-order valence-corrected chi connectivity index (χ1v) is 8.16. The minimum Gasteiger partial charge on any atom is -0.339 e. The van der Waals surface area contributed by atoms with Gasteiger partial charge in [0.05, 0.1) is 5.56 Å². The van der Waals surface area contributed by atoms with Crippen molar-refractivity contribution >= 4 is 29.1 Å². The van der Waals surface area contributed by atoms with E-state index in [9.17, 15) is 4.79 Å². The van der Waals surface area contributed by atoms with Gasteiger partial charge < -0.3 is 10.2 Å². The largest absolute Gasteiger partial charge is 0.339 e. The predicted octanol–water partition coefficient (Wildman–Crippen LogP) is 3.81. The number of aryl methyl sites for hydroxylation is 1. The summed E-state index contributed by atoms with van der Waals surface area (Å²) in [6, 6.07) is 5.57. The number of carbonyl (C=O) groups excluding carboxylic acids is 1. The molecule has 23 heavy (non-hydrogen) atoms. The molecule has 2 heterocycles. The Hall–Kier alpha value is -2.14. The molecule has 0 spiro atoms. The number of rotatable bonds is 3. The Bertz CT molecular complexity index is 696. The Morgan fingerprint density at radius 2 is 1.87 bits per heavy atom. The van der Waals surface area contributed by atoms with Crippen molar-refractivity contribution in [3.63, 3.8) is 0 Å². The lowest BCUT2D eigenvalue weighted by Crippen LogP contribution is -2.35. The minimum absolute atomic E-state index is 0.0129. The third-order valence-corrected chi connectivity index (χ3v) is 4.21. The fourth-order valence-electron chi connectivity index (χ4n) is 2.67. The van der Waals surface area contributed by atoms with Crippen molar-refractivity contribution in [3.8, 4) is 0 Å². The first kappa shape index (κ1) is 15.7. The van der Waals surface area contributed by atoms with E-state index in [0.717, 1.165) is 37.2 Å². The zero-order valence-corrected chi connectivity index (χ0v) is 13.8. The summed E-state index contributed by atoms with van der Waals surface area (Å²) >= 11 is 5.95. The van der Waals surface area contributed by atoms with Crippen LogP contribution in [0.1, 0.15) is 35.2 Å². The highest BCUT2D eigenvalue weighted by Gasteiger charge is 2.18. The first-order chi connectivity index (χ1) is 11.1. The van der Waals surface area contributed by atoms with Crippen LogP contribution in [0, 0.1) is 6.92 Å². The van der Waals surface area contributed by atoms with Gasteiger partial charge >= 0.3 is 0 Å². The molecule has 6 heteroatoms. The summed E-state index contributed by atoms with van der Waals surface area (Å²) in [5.41, 5.74) is 2.43. The fourth-order valence-corrected chi connectivity index (χ4v) is 2.90. The molecule has 0 bridgehead atoms. The second-order valence-electron chi connectivity index (χ2n) is 5.73. The number of piperidine rings is 1. The van der Waals surface area contributed by atoms with Gasteiger partial charge in [-0.3, -0.25) is 4.79 Å². The molecule has 0 atom stereocenters. The Kier molecular flexibility index (Phi) is 4.76. The maximum Gasteiger partial charge on any atom is 0.256 e. The summed E-state index contributed by atoms with van der Waals surface area (Å²) in [6.07, 6.45) is 6.50. The van der Waals surface area contributed by atoms with E-state index in [0.29, 0.717) is 16.5 Å². The molecule has 1 N–H and O–H groups in total. The number of hydrogen-bond acceptors (Lipinski definition) is 4. The zero-order valence-electron chi connectivity index (χ0n) is 13.1. The maximum atomic E-state index is 12.4. The van der Waals surface area contributed by atoms with Crippen molar-refractivity contribution in [2.24, 2.45) is 0 Å². The van der Waals surface area contributed by atoms with Gasteiger partial charge in [-0.15, -0.1) is 0 Å². The van der Waals surface area contributed by atoms with Crippen molar-refractivity contribution in [2.45, 2.75) is 26.2 Å². The smallest absolute Gasteiger partial charge is 0.256 e. The molecule has 0 saturated carbocycles. The van der Waals surface area contributed by atoms with Crippen molar-refractivity contribution in [3.05, 3.63) is 46.7 Å². The van der Waals surface area contributed by atoms with E-state index in [1.165, 1.54) is 6.42 Å². The number of carbonyl (C=O) groups is 1. The highest BCUT2D eigenvalue weighted by molar-refractivity contribution is 6.30. The summed E-state index contributed by atoms with van der Waals surface area (Å²) in [5, 5.41) is 3.83. The highest BCUT2D eigenvalue weighted by Crippen LogP contribution is 2.22. The van der Waals surface area contributed by atoms with Crippen molar-refractivity contribution in [2.75, 3.05) is 18.4 Å². The number of aromatic nitrogens is 2. The number of halogens is 1. The molecule has 1 aliphatic heterocycles. The molecule has 5 nitrogen and oxygen atoms in total. The van der Waals surface area contributed by atoms with Crippen molar-refractivity contribution in [1.82, 2.24) is 14.9 Å². The number of benzene rings is 1. The lowest BCUT2D eigenvalue weighted by atomic mass is 10.1. The summed E-state index contributed by atoms with van der Waals surface area (Å²) in [7, 11) is 0. The third kappa shape index (κ3) is 3.79. The van der Waals surface area contributed by atoms with Crippen molar-refractivity contribution < 1.29 is 4.79 Å². The van der Waals surface area contributed by atoms with E-state index < -0.39 is 0 Å². The molecule has 3 rings (SSSR count). The lowest BCUT2D eigenvalue weighted by Gasteiger charge is -2.26. The van der Waals surface area contributed by atoms with Gasteiger partial charge in [-0.25, -0.2) is 9.97 Å². The molecule has 1 saturated heterocycles. The molecule has 1 aliphatic rings. The van der Waals surface area contributed by atoms with Crippen LogP contribution in [0.25, 0.3) is 0 Å². The summed E-state index contributed by atoms with van der Waals surface area (Å²) in [5.74, 6) is 0.476. The molecule has 120 valence electrons. The third-order valence-electron chi connectivity index (χ3n) is 3.98. The van der Waals surface area contributed by atoms with Crippen LogP contribution < -0.4 is 5.32 Å². The van der Waals surface area contributed by atoms with E-state index >= 15 is 0 Å². The van der Waals surface area contributed by atoms with Gasteiger partial charge in [-0.2, -0.15) is 0 Å². The molecule has 0 radical (unpaired) electrons. The monoisotopic (exact) mass is 330 g/mol. The quantitative estimate of drug-likeness (QED) is 0.929. The molecular formula is C17H19ClN4O. The van der Waals surface area contributed by atoms with Gasteiger partial charge in [0.15, 0.2) is 0 Å². The number of anilines is 2. The van der Waals surface area contributed by atoms with E-state index in [2.05, 4.69) is 15.3 Å². The van der Waals surface area contributed by atoms with Crippen LogP contribution in [0.15, 0.2) is 30.6 Å². The average Bonchev–Trinajstić information content (AvgIpc) is 2.58. The minimum atomic E-state index is 0.0129. The summed E-state index contributed by atoms with van der Waals surface area (Å²) in [4.78, 5) is 22.7. The van der Waals surface area contributed by atoms with E-state index in [1.807, 2.05) is 30.0 Å². The van der Waals surface area contributed by atoms with Crippen LogP contribution in [0.2, 0.25) is 5.02 Å². The molecule has 1 aromatic carbocycles. The Morgan fingerprint density at radius 1 is 1.17 bits per heavy atom. The van der Waals surface area contributed by atoms with Crippen LogP contribution in [0.4, 0.5) is 11.6 Å². The van der Waals surface area contributed by atoms with Gasteiger partial charge in [-0.1, -0.05) is 11.6 Å². The van der Waals surface area contributed by atoms with Gasteiger partial charge in [0.2, 0.25) is 5.95 Å². The van der Waals surface area contributed by atoms with Crippen LogP contribution in [0.3, 0.4) is 0 Å². The van der Waals surface area contributed by atoms with E-state index in [4.69, 9.17) is 11.6 Å². The molecule has 1 fully saturated rings. The molecule has 1 aromatic heterocycles. The molecule has 0 unspecified atom stereocenters. The fraction of sp³-hybridized carbons (Fsp3) is 0.353. The SMILES string of the molecule is Cc1cc(Cl)ccc1Nc1ncc(C(=O)N2CCCCC2)cn1. The van der Waals surface area contributed by atoms with Crippen LogP contribution in [-0.4, -0.2) is 33.9 Å². The van der Waals surface area contributed by atoms with E-state index in [1.54, 1.807) is 12.4 Å². The van der Waals surface area contributed by atoms with Crippen molar-refractivity contribution in [1.29, 1.82) is 0 Å². The number of likely N-dealkylation sites (tertiary alicyclic amines) is 1. The molecular weight excluding hydrogens is 312 g/mol. The van der Waals surface area contributed by atoms with E-state index in [-0.39, 0.29) is 5.91 Å². The maximum absolute atomic E-state index is 12.4. The first-order valence-electron chi connectivity index (χ1n) is 7.78. The Morgan fingerprint density at radius 3 is 2.52 bits per heavy atom. The molecule has 1 amide bonds. The van der Waals surface area contributed by atoms with Gasteiger partial charge in [-0.05, 0) is 49.9 Å². The number of hydrogen-bond donors (Lipinski definition) is 1. The van der Waals surface area contributed by atoms with Crippen LogP contribution in [0.5, 0.6) is 0 Å². The summed E-state index contributed by atoms with van der Waals surface area (Å²) < 4.78 is 0. The van der Waals surface area contributed by atoms with Gasteiger partial charge in [0.1, 0.15) is 0 Å². The number of amides is 1. The van der Waals surface area contributed by atoms with Gasteiger partial charge in [0.25, 0.3) is 5.91 Å². The highest BCUT2D eigenvalue weighted by atomic mass is 35.5. The van der Waals surface area contributed by atoms with Crippen LogP contribution >= 0.6 is 11.6 Å². The molecule has 2 aromatic rings. The number of nitrogens with one attached hydrogen (secondary N) is 1.